The zero-order chi connectivity index (χ0) is 16.9. The molecule has 126 valence electrons. The summed E-state index contributed by atoms with van der Waals surface area (Å²) in [7, 11) is 0. The Morgan fingerprint density at radius 2 is 2.09 bits per heavy atom. The number of pyridine rings is 1. The van der Waals surface area contributed by atoms with Gasteiger partial charge in [-0.1, -0.05) is 19.9 Å². The maximum absolute atomic E-state index is 12.1. The molecule has 0 atom stereocenters. The van der Waals surface area contributed by atoms with Gasteiger partial charge in [-0.2, -0.15) is 0 Å². The Hall–Kier alpha value is -2.15. The maximum atomic E-state index is 12.1. The summed E-state index contributed by atoms with van der Waals surface area (Å²) in [6.45, 7) is 4.72. The summed E-state index contributed by atoms with van der Waals surface area (Å²) in [6, 6.07) is 5.32. The van der Waals surface area contributed by atoms with Crippen molar-refractivity contribution >= 4 is 11.6 Å². The van der Waals surface area contributed by atoms with Crippen LogP contribution in [0.3, 0.4) is 0 Å². The summed E-state index contributed by atoms with van der Waals surface area (Å²) in [6.07, 6.45) is 3.43. The molecule has 0 spiro atoms. The first kappa shape index (κ1) is 17.2. The molecule has 0 aliphatic rings. The Labute approximate surface area is 134 Å². The Kier molecular flexibility index (Phi) is 5.54. The van der Waals surface area contributed by atoms with Crippen LogP contribution in [0.4, 0.5) is 0 Å². The molecule has 0 saturated carbocycles. The minimum atomic E-state index is -0.268. The number of nitrogens with zero attached hydrogens (tertiary/aromatic N) is 3. The van der Waals surface area contributed by atoms with Gasteiger partial charge in [-0.15, -0.1) is 5.10 Å². The maximum Gasteiger partial charge on any atom is 0.350 e. The second-order valence-electron chi connectivity index (χ2n) is 5.83. The van der Waals surface area contributed by atoms with Crippen molar-refractivity contribution in [2.75, 3.05) is 13.2 Å². The Morgan fingerprint density at radius 1 is 1.35 bits per heavy atom. The van der Waals surface area contributed by atoms with Crippen molar-refractivity contribution in [3.05, 3.63) is 34.9 Å². The second-order valence-corrected chi connectivity index (χ2v) is 5.83. The molecule has 2 rings (SSSR count). The molecular formula is C16H24N4O3. The van der Waals surface area contributed by atoms with Crippen LogP contribution in [0.15, 0.2) is 29.2 Å². The lowest BCUT2D eigenvalue weighted by atomic mass is 9.83. The number of amides is 1. The van der Waals surface area contributed by atoms with E-state index in [1.807, 2.05) is 19.9 Å². The SMILES string of the molecule is CCC(CC)(CO)CNC(=O)CCn1nc2ccccn2c1=O. The predicted octanol–water partition coefficient (Wildman–Crippen LogP) is 0.801. The first-order valence-corrected chi connectivity index (χ1v) is 7.97. The van der Waals surface area contributed by atoms with Crippen LogP contribution >= 0.6 is 0 Å². The first-order chi connectivity index (χ1) is 11.0. The van der Waals surface area contributed by atoms with Gasteiger partial charge in [0, 0.05) is 24.6 Å². The number of carbonyl (C=O) groups excluding carboxylic acids is 1. The molecule has 0 unspecified atom stereocenters. The van der Waals surface area contributed by atoms with Crippen molar-refractivity contribution < 1.29 is 9.90 Å². The number of fused-ring (bicyclic) bond motifs is 1. The van der Waals surface area contributed by atoms with Gasteiger partial charge in [0.2, 0.25) is 5.91 Å². The summed E-state index contributed by atoms with van der Waals surface area (Å²) < 4.78 is 2.75. The average Bonchev–Trinajstić information content (AvgIpc) is 2.91. The number of aryl methyl sites for hydroxylation is 1. The standard InChI is InChI=1S/C16H24N4O3/c1-3-16(4-2,12-21)11-17-14(22)8-10-20-15(23)19-9-6-5-7-13(19)18-20/h5-7,9,21H,3-4,8,10-12H2,1-2H3,(H,17,22). The molecule has 2 heterocycles. The minimum Gasteiger partial charge on any atom is -0.396 e. The summed E-state index contributed by atoms with van der Waals surface area (Å²) >= 11 is 0. The van der Waals surface area contributed by atoms with Crippen molar-refractivity contribution in [3.8, 4) is 0 Å². The van der Waals surface area contributed by atoms with Gasteiger partial charge in [-0.3, -0.25) is 9.20 Å². The van der Waals surface area contributed by atoms with E-state index in [1.165, 1.54) is 9.08 Å². The van der Waals surface area contributed by atoms with Gasteiger partial charge in [0.15, 0.2) is 5.65 Å². The molecule has 0 aliphatic heterocycles. The second kappa shape index (κ2) is 7.41. The van der Waals surface area contributed by atoms with Crippen LogP contribution in [0, 0.1) is 5.41 Å². The van der Waals surface area contributed by atoms with Crippen LogP contribution in [0.25, 0.3) is 5.65 Å². The summed E-state index contributed by atoms with van der Waals surface area (Å²) in [5.41, 5.74) is 0.0460. The Morgan fingerprint density at radius 3 is 2.70 bits per heavy atom. The number of nitrogens with one attached hydrogen (secondary N) is 1. The molecule has 2 N–H and O–H groups in total. The number of hydrogen-bond acceptors (Lipinski definition) is 4. The summed E-state index contributed by atoms with van der Waals surface area (Å²) in [5, 5.41) is 16.5. The highest BCUT2D eigenvalue weighted by molar-refractivity contribution is 5.75. The normalized spacial score (nSPS) is 11.8. The molecule has 2 aromatic heterocycles. The third-order valence-electron chi connectivity index (χ3n) is 4.54. The van der Waals surface area contributed by atoms with Crippen molar-refractivity contribution in [2.24, 2.45) is 5.41 Å². The van der Waals surface area contributed by atoms with Crippen LogP contribution in [0.5, 0.6) is 0 Å². The smallest absolute Gasteiger partial charge is 0.350 e. The van der Waals surface area contributed by atoms with E-state index in [1.54, 1.807) is 18.3 Å². The molecule has 0 aromatic carbocycles. The molecule has 0 aliphatic carbocycles. The highest BCUT2D eigenvalue weighted by Crippen LogP contribution is 2.24. The third-order valence-corrected chi connectivity index (χ3v) is 4.54. The Bertz CT molecular complexity index is 707. The van der Waals surface area contributed by atoms with Gasteiger partial charge in [-0.25, -0.2) is 9.48 Å². The molecule has 1 amide bonds. The van der Waals surface area contributed by atoms with E-state index in [0.29, 0.717) is 12.2 Å². The predicted molar refractivity (Wildman–Crippen MR) is 87.2 cm³/mol. The molecule has 7 heteroatoms. The fourth-order valence-corrected chi connectivity index (χ4v) is 2.48. The van der Waals surface area contributed by atoms with E-state index in [2.05, 4.69) is 10.4 Å². The molecule has 7 nitrogen and oxygen atoms in total. The molecule has 23 heavy (non-hydrogen) atoms. The van der Waals surface area contributed by atoms with Gasteiger partial charge in [-0.05, 0) is 25.0 Å². The third kappa shape index (κ3) is 3.79. The summed E-state index contributed by atoms with van der Waals surface area (Å²) in [4.78, 5) is 24.1. The number of aliphatic hydroxyl groups excluding tert-OH is 1. The molecule has 0 saturated heterocycles. The van der Waals surface area contributed by atoms with Crippen LogP contribution in [-0.4, -0.2) is 38.3 Å². The summed E-state index contributed by atoms with van der Waals surface area (Å²) in [5.74, 6) is -0.145. The first-order valence-electron chi connectivity index (χ1n) is 7.97. The number of aromatic nitrogens is 3. The van der Waals surface area contributed by atoms with Crippen molar-refractivity contribution in [3.63, 3.8) is 0 Å². The lowest BCUT2D eigenvalue weighted by molar-refractivity contribution is -0.122. The number of carbonyl (C=O) groups is 1. The van der Waals surface area contributed by atoms with Crippen LogP contribution in [0.1, 0.15) is 33.1 Å². The van der Waals surface area contributed by atoms with Crippen molar-refractivity contribution in [1.29, 1.82) is 0 Å². The van der Waals surface area contributed by atoms with E-state index in [9.17, 15) is 14.7 Å². The van der Waals surface area contributed by atoms with Gasteiger partial charge in [0.1, 0.15) is 0 Å². The number of hydrogen-bond donors (Lipinski definition) is 2. The molecular weight excluding hydrogens is 296 g/mol. The van der Waals surface area contributed by atoms with Crippen molar-refractivity contribution in [1.82, 2.24) is 19.5 Å². The van der Waals surface area contributed by atoms with E-state index in [4.69, 9.17) is 0 Å². The number of aliphatic hydroxyl groups is 1. The van der Waals surface area contributed by atoms with E-state index >= 15 is 0 Å². The van der Waals surface area contributed by atoms with Crippen molar-refractivity contribution in [2.45, 2.75) is 39.7 Å². The topological polar surface area (TPSA) is 88.6 Å². The molecule has 0 radical (unpaired) electrons. The van der Waals surface area contributed by atoms with Crippen LogP contribution in [0.2, 0.25) is 0 Å². The highest BCUT2D eigenvalue weighted by atomic mass is 16.3. The zero-order valence-electron chi connectivity index (χ0n) is 13.7. The molecule has 0 bridgehead atoms. The van der Waals surface area contributed by atoms with Gasteiger partial charge < -0.3 is 10.4 Å². The van der Waals surface area contributed by atoms with E-state index in [-0.39, 0.29) is 36.6 Å². The molecule has 2 aromatic rings. The largest absolute Gasteiger partial charge is 0.396 e. The van der Waals surface area contributed by atoms with E-state index in [0.717, 1.165) is 12.8 Å². The lowest BCUT2D eigenvalue weighted by Crippen LogP contribution is -2.39. The van der Waals surface area contributed by atoms with Gasteiger partial charge in [0.05, 0.1) is 13.2 Å². The quantitative estimate of drug-likeness (QED) is 0.753. The van der Waals surface area contributed by atoms with Gasteiger partial charge in [0.25, 0.3) is 0 Å². The van der Waals surface area contributed by atoms with Crippen LogP contribution in [-0.2, 0) is 11.3 Å². The minimum absolute atomic E-state index is 0.0478. The highest BCUT2D eigenvalue weighted by Gasteiger charge is 2.25. The fourth-order valence-electron chi connectivity index (χ4n) is 2.48. The molecule has 0 fully saturated rings. The van der Waals surface area contributed by atoms with Crippen LogP contribution < -0.4 is 11.0 Å². The van der Waals surface area contributed by atoms with Gasteiger partial charge >= 0.3 is 5.69 Å². The lowest BCUT2D eigenvalue weighted by Gasteiger charge is -2.29. The van der Waals surface area contributed by atoms with E-state index < -0.39 is 0 Å². The fraction of sp³-hybridized carbons (Fsp3) is 0.562. The zero-order valence-corrected chi connectivity index (χ0v) is 13.7. The average molecular weight is 320 g/mol. The monoisotopic (exact) mass is 320 g/mol. The number of rotatable bonds is 8. The Balaban J connectivity index is 1.93.